The number of hydrogen-bond donors (Lipinski definition) is 6. The lowest BCUT2D eigenvalue weighted by Crippen LogP contribution is -2.64. The van der Waals surface area contributed by atoms with Crippen LogP contribution in [0.5, 0.6) is 0 Å². The number of nitrogens with zero attached hydrogens (tertiary/aromatic N) is 5. The fraction of sp³-hybridized carbons (Fsp3) is 0.420. The number of amides is 4. The summed E-state index contributed by atoms with van der Waals surface area (Å²) in [7, 11) is 0. The van der Waals surface area contributed by atoms with Gasteiger partial charge in [0, 0.05) is 44.0 Å². The molecule has 4 fully saturated rings. The van der Waals surface area contributed by atoms with Crippen LogP contribution in [0.25, 0.3) is 0 Å². The Balaban J connectivity index is 0.904. The third-order valence-electron chi connectivity index (χ3n) is 14.6. The van der Waals surface area contributed by atoms with E-state index in [1.165, 1.54) is 30.5 Å². The molecule has 358 valence electrons. The van der Waals surface area contributed by atoms with E-state index in [0.29, 0.717) is 100 Å². The van der Waals surface area contributed by atoms with Crippen molar-refractivity contribution in [2.24, 2.45) is 11.5 Å². The maximum atomic E-state index is 15.9. The molecule has 4 aromatic rings. The summed E-state index contributed by atoms with van der Waals surface area (Å²) in [6.07, 6.45) is 7.30. The van der Waals surface area contributed by atoms with Crippen LogP contribution >= 0.6 is 0 Å². The van der Waals surface area contributed by atoms with Crippen molar-refractivity contribution in [1.82, 2.24) is 14.8 Å². The molecule has 5 heterocycles. The van der Waals surface area contributed by atoms with Crippen LogP contribution in [0.1, 0.15) is 116 Å². The molecule has 3 aromatic carbocycles. The quantitative estimate of drug-likeness (QED) is 0.0979. The third kappa shape index (κ3) is 9.60. The first-order chi connectivity index (χ1) is 32.6. The van der Waals surface area contributed by atoms with Crippen molar-refractivity contribution in [2.75, 3.05) is 72.8 Å². The van der Waals surface area contributed by atoms with Crippen molar-refractivity contribution >= 4 is 58.4 Å². The Bertz CT molecular complexity index is 2600. The SMILES string of the molecule is Cc1ccc(C(=O)Nc2ccc(N3CCC(C(N)=O)(N4CCCC(c5ccc(C(=O)Nc6cnc(N7CCC(C(N)=O)(N8CCCCC8)CC7)c(C(=O)O)c6)c(F)c5)C4)CC3)c(C(=O)O)c2)cc1. The average Bonchev–Trinajstić information content (AvgIpc) is 3.34. The third-order valence-corrected chi connectivity index (χ3v) is 14.6. The number of hydrogen-bond acceptors (Lipinski definition) is 11. The highest BCUT2D eigenvalue weighted by atomic mass is 19.1. The van der Waals surface area contributed by atoms with Gasteiger partial charge in [-0.3, -0.25) is 29.0 Å². The smallest absolute Gasteiger partial charge is 0.339 e. The van der Waals surface area contributed by atoms with Gasteiger partial charge >= 0.3 is 11.9 Å². The second-order valence-corrected chi connectivity index (χ2v) is 18.5. The number of anilines is 4. The normalized spacial score (nSPS) is 19.7. The average molecular weight is 932 g/mol. The minimum absolute atomic E-state index is 0.00547. The zero-order chi connectivity index (χ0) is 48.3. The van der Waals surface area contributed by atoms with E-state index in [-0.39, 0.29) is 45.9 Å². The molecule has 1 aromatic heterocycles. The van der Waals surface area contributed by atoms with Crippen LogP contribution in [0.2, 0.25) is 0 Å². The Morgan fingerprint density at radius 1 is 0.647 bits per heavy atom. The first kappa shape index (κ1) is 47.6. The monoisotopic (exact) mass is 931 g/mol. The summed E-state index contributed by atoms with van der Waals surface area (Å²) in [5.74, 6) is -5.21. The molecule has 17 nitrogen and oxygen atoms in total. The van der Waals surface area contributed by atoms with E-state index < -0.39 is 40.6 Å². The Hall–Kier alpha value is -6.92. The summed E-state index contributed by atoms with van der Waals surface area (Å²) < 4.78 is 15.9. The van der Waals surface area contributed by atoms with Gasteiger partial charge in [0.2, 0.25) is 11.8 Å². The fourth-order valence-electron chi connectivity index (χ4n) is 10.7. The number of primary amides is 2. The number of pyridine rings is 1. The molecule has 18 heteroatoms. The summed E-state index contributed by atoms with van der Waals surface area (Å²) in [6, 6.07) is 17.5. The lowest BCUT2D eigenvalue weighted by atomic mass is 9.80. The van der Waals surface area contributed by atoms with Crippen molar-refractivity contribution in [3.05, 3.63) is 112 Å². The molecule has 1 atom stereocenters. The number of carbonyl (C=O) groups excluding carboxylic acids is 4. The number of carboxylic acids is 2. The zero-order valence-corrected chi connectivity index (χ0v) is 38.1. The molecule has 8 rings (SSSR count). The Labute approximate surface area is 393 Å². The molecule has 0 spiro atoms. The molecule has 4 aliphatic heterocycles. The van der Waals surface area contributed by atoms with Gasteiger partial charge in [0.15, 0.2) is 0 Å². The highest BCUT2D eigenvalue weighted by Gasteiger charge is 2.48. The van der Waals surface area contributed by atoms with E-state index in [1.807, 2.05) is 28.9 Å². The lowest BCUT2D eigenvalue weighted by Gasteiger charge is -2.50. The molecule has 4 saturated heterocycles. The number of aromatic nitrogens is 1. The first-order valence-corrected chi connectivity index (χ1v) is 23.3. The number of carboxylic acid groups (broad SMARTS) is 2. The van der Waals surface area contributed by atoms with Crippen LogP contribution < -0.4 is 31.9 Å². The number of halogens is 1. The van der Waals surface area contributed by atoms with Gasteiger partial charge in [0.1, 0.15) is 28.3 Å². The maximum absolute atomic E-state index is 15.9. The molecule has 0 saturated carbocycles. The molecule has 0 radical (unpaired) electrons. The van der Waals surface area contributed by atoms with Crippen LogP contribution in [0.15, 0.2) is 72.9 Å². The summed E-state index contributed by atoms with van der Waals surface area (Å²) in [6.45, 7) is 5.86. The Morgan fingerprint density at radius 3 is 1.85 bits per heavy atom. The molecule has 4 aliphatic rings. The number of likely N-dealkylation sites (tertiary alicyclic amines) is 2. The number of aromatic carboxylic acids is 2. The standard InChI is InChI=1S/C50H58FN9O8/c1-31-7-9-32(10-8-31)43(61)55-35-12-14-41(38(27-35)45(63)64)57-22-15-50(16-23-57,48(53)68)60-21-5-6-34(30-60)33-11-13-37(40(51)26-33)44(62)56-36-28-39(46(65)66)42(54-29-36)58-24-17-49(18-25-58,47(52)67)59-19-3-2-4-20-59/h7-14,26-29,34H,2-6,15-25,30H2,1H3,(H2,52,67)(H2,53,68)(H,55,61)(H,56,62)(H,63,64)(H,65,66). The van der Waals surface area contributed by atoms with Gasteiger partial charge in [-0.2, -0.15) is 0 Å². The van der Waals surface area contributed by atoms with E-state index in [9.17, 15) is 39.0 Å². The van der Waals surface area contributed by atoms with Gasteiger partial charge in [-0.05, 0) is 138 Å². The second-order valence-electron chi connectivity index (χ2n) is 18.5. The predicted molar refractivity (Wildman–Crippen MR) is 254 cm³/mol. The van der Waals surface area contributed by atoms with Crippen LogP contribution in [-0.2, 0) is 9.59 Å². The molecule has 4 amide bonds. The van der Waals surface area contributed by atoms with Crippen molar-refractivity contribution in [2.45, 2.75) is 81.7 Å². The summed E-state index contributed by atoms with van der Waals surface area (Å²) in [5, 5.41) is 25.8. The van der Waals surface area contributed by atoms with E-state index in [4.69, 9.17) is 11.5 Å². The van der Waals surface area contributed by atoms with E-state index in [1.54, 1.807) is 30.3 Å². The van der Waals surface area contributed by atoms with Crippen LogP contribution in [0, 0.1) is 12.7 Å². The number of carbonyl (C=O) groups is 6. The topological polar surface area (TPSA) is 245 Å². The number of nitrogens with two attached hydrogens (primary N) is 2. The minimum atomic E-state index is -1.26. The highest BCUT2D eigenvalue weighted by Crippen LogP contribution is 2.39. The van der Waals surface area contributed by atoms with Gasteiger partial charge in [-0.15, -0.1) is 0 Å². The maximum Gasteiger partial charge on any atom is 0.339 e. The molecule has 68 heavy (non-hydrogen) atoms. The first-order valence-electron chi connectivity index (χ1n) is 23.3. The van der Waals surface area contributed by atoms with Gasteiger partial charge in [0.05, 0.1) is 28.7 Å². The molecule has 1 unspecified atom stereocenters. The number of piperidine rings is 4. The largest absolute Gasteiger partial charge is 0.478 e. The van der Waals surface area contributed by atoms with Gasteiger partial charge < -0.3 is 42.1 Å². The van der Waals surface area contributed by atoms with E-state index in [0.717, 1.165) is 37.9 Å². The summed E-state index contributed by atoms with van der Waals surface area (Å²) in [5.41, 5.74) is 12.8. The van der Waals surface area contributed by atoms with Crippen LogP contribution in [-0.4, -0.2) is 124 Å². The number of aryl methyl sites for hydroxylation is 1. The molecular weight excluding hydrogens is 874 g/mol. The van der Waals surface area contributed by atoms with Crippen LogP contribution in [0.3, 0.4) is 0 Å². The number of rotatable bonds is 13. The minimum Gasteiger partial charge on any atom is -0.478 e. The summed E-state index contributed by atoms with van der Waals surface area (Å²) in [4.78, 5) is 89.8. The number of nitrogens with one attached hydrogen (secondary N) is 2. The zero-order valence-electron chi connectivity index (χ0n) is 38.1. The Morgan fingerprint density at radius 2 is 1.24 bits per heavy atom. The van der Waals surface area contributed by atoms with Gasteiger partial charge in [-0.1, -0.05) is 30.2 Å². The predicted octanol–water partition coefficient (Wildman–Crippen LogP) is 5.44. The van der Waals surface area contributed by atoms with Gasteiger partial charge in [-0.25, -0.2) is 19.0 Å². The molecule has 0 aliphatic carbocycles. The van der Waals surface area contributed by atoms with Crippen LogP contribution in [0.4, 0.5) is 27.3 Å². The molecular formula is C50H58FN9O8. The fourth-order valence-corrected chi connectivity index (χ4v) is 10.7. The Kier molecular flexibility index (Phi) is 13.8. The molecule has 0 bridgehead atoms. The van der Waals surface area contributed by atoms with Gasteiger partial charge in [0.25, 0.3) is 11.8 Å². The lowest BCUT2D eigenvalue weighted by molar-refractivity contribution is -0.133. The van der Waals surface area contributed by atoms with E-state index >= 15 is 4.39 Å². The molecule has 8 N–H and O–H groups in total. The van der Waals surface area contributed by atoms with E-state index in [2.05, 4.69) is 25.4 Å². The van der Waals surface area contributed by atoms with Crippen molar-refractivity contribution in [3.8, 4) is 0 Å². The van der Waals surface area contributed by atoms with Crippen molar-refractivity contribution in [1.29, 1.82) is 0 Å². The number of benzene rings is 3. The second kappa shape index (κ2) is 19.7. The van der Waals surface area contributed by atoms with Crippen molar-refractivity contribution < 1.29 is 43.4 Å². The summed E-state index contributed by atoms with van der Waals surface area (Å²) >= 11 is 0. The van der Waals surface area contributed by atoms with Crippen molar-refractivity contribution in [3.63, 3.8) is 0 Å². The highest BCUT2D eigenvalue weighted by molar-refractivity contribution is 6.06.